The summed E-state index contributed by atoms with van der Waals surface area (Å²) in [6.07, 6.45) is 0.929. The van der Waals surface area contributed by atoms with Gasteiger partial charge in [0.25, 0.3) is 5.91 Å². The molecule has 0 radical (unpaired) electrons. The molecule has 7 nitrogen and oxygen atoms in total. The molecular formula is C17H16N2O5. The molecule has 0 aliphatic carbocycles. The Morgan fingerprint density at radius 2 is 2.21 bits per heavy atom. The minimum Gasteiger partial charge on any atom is -0.384 e. The van der Waals surface area contributed by atoms with Gasteiger partial charge in [0.2, 0.25) is 11.8 Å². The normalized spacial score (nSPS) is 16.7. The van der Waals surface area contributed by atoms with Crippen LogP contribution in [0.3, 0.4) is 0 Å². The summed E-state index contributed by atoms with van der Waals surface area (Å²) in [5, 5.41) is 10.9. The zero-order valence-electron chi connectivity index (χ0n) is 13.0. The number of hydrogen-bond donors (Lipinski definition) is 2. The molecule has 1 aliphatic rings. The first-order valence-electron chi connectivity index (χ1n) is 7.27. The third kappa shape index (κ3) is 3.67. The molecule has 1 fully saturated rings. The highest BCUT2D eigenvalue weighted by Gasteiger charge is 2.33. The van der Waals surface area contributed by atoms with Gasteiger partial charge in [-0.1, -0.05) is 11.8 Å². The molecule has 0 saturated carbocycles. The second-order valence-corrected chi connectivity index (χ2v) is 5.26. The highest BCUT2D eigenvalue weighted by molar-refractivity contribution is 6.06. The number of rotatable bonds is 3. The summed E-state index contributed by atoms with van der Waals surface area (Å²) in [7, 11) is 1.45. The van der Waals surface area contributed by atoms with E-state index in [0.717, 1.165) is 0 Å². The van der Waals surface area contributed by atoms with E-state index in [9.17, 15) is 19.2 Å². The molecule has 1 atom stereocenters. The first kappa shape index (κ1) is 17.4. The van der Waals surface area contributed by atoms with E-state index in [1.54, 1.807) is 6.07 Å². The van der Waals surface area contributed by atoms with Crippen LogP contribution < -0.4 is 5.32 Å². The number of carbonyl (C=O) groups excluding carboxylic acids is 4. The molecule has 2 N–H and O–H groups in total. The van der Waals surface area contributed by atoms with E-state index in [1.807, 2.05) is 0 Å². The van der Waals surface area contributed by atoms with Gasteiger partial charge in [0.15, 0.2) is 6.29 Å². The molecule has 2 rings (SSSR count). The Hall–Kier alpha value is -2.98. The van der Waals surface area contributed by atoms with E-state index >= 15 is 0 Å². The summed E-state index contributed by atoms with van der Waals surface area (Å²) < 4.78 is 0. The smallest absolute Gasteiger partial charge is 0.255 e. The standard InChI is InChI=1S/C17H16N2O5/c1-19(14-6-7-15(22)18-16(14)23)17(24)13-9-11(3-2-8-20)4-5-12(13)10-21/h4-5,9-10,14,20H,6-8H2,1H3,(H,18,22,23). The molecule has 1 aromatic rings. The molecule has 1 aromatic carbocycles. The topological polar surface area (TPSA) is 104 Å². The Morgan fingerprint density at radius 1 is 1.46 bits per heavy atom. The number of carbonyl (C=O) groups is 4. The number of aliphatic hydroxyl groups is 1. The Labute approximate surface area is 138 Å². The maximum atomic E-state index is 12.7. The predicted octanol–water partition coefficient (Wildman–Crippen LogP) is -0.280. The SMILES string of the molecule is CN(C(=O)c1cc(C#CCO)ccc1C=O)C1CCC(=O)NC1=O. The van der Waals surface area contributed by atoms with Gasteiger partial charge in [-0.05, 0) is 24.6 Å². The Balaban J connectivity index is 2.32. The molecule has 0 spiro atoms. The van der Waals surface area contributed by atoms with Crippen LogP contribution in [0.15, 0.2) is 18.2 Å². The molecule has 1 unspecified atom stereocenters. The summed E-state index contributed by atoms with van der Waals surface area (Å²) in [5.74, 6) is 3.71. The molecule has 7 heteroatoms. The molecular weight excluding hydrogens is 312 g/mol. The fraction of sp³-hybridized carbons (Fsp3) is 0.294. The van der Waals surface area contributed by atoms with Crippen molar-refractivity contribution >= 4 is 24.0 Å². The second-order valence-electron chi connectivity index (χ2n) is 5.26. The number of aliphatic hydroxyl groups excluding tert-OH is 1. The molecule has 1 saturated heterocycles. The molecule has 124 valence electrons. The third-order valence-electron chi connectivity index (χ3n) is 3.72. The lowest BCUT2D eigenvalue weighted by molar-refractivity contribution is -0.136. The average molecular weight is 328 g/mol. The van der Waals surface area contributed by atoms with Crippen LogP contribution in [0.25, 0.3) is 0 Å². The van der Waals surface area contributed by atoms with Crippen molar-refractivity contribution in [2.75, 3.05) is 13.7 Å². The highest BCUT2D eigenvalue weighted by atomic mass is 16.2. The van der Waals surface area contributed by atoms with Crippen molar-refractivity contribution in [3.05, 3.63) is 34.9 Å². The van der Waals surface area contributed by atoms with Gasteiger partial charge in [0, 0.05) is 24.6 Å². The van der Waals surface area contributed by atoms with Gasteiger partial charge in [-0.3, -0.25) is 24.5 Å². The van der Waals surface area contributed by atoms with Gasteiger partial charge in [0.05, 0.1) is 5.56 Å². The van der Waals surface area contributed by atoms with E-state index < -0.39 is 17.9 Å². The van der Waals surface area contributed by atoms with E-state index in [0.29, 0.717) is 11.8 Å². The first-order chi connectivity index (χ1) is 11.5. The third-order valence-corrected chi connectivity index (χ3v) is 3.72. The number of nitrogens with one attached hydrogen (secondary N) is 1. The first-order valence-corrected chi connectivity index (χ1v) is 7.27. The Kier molecular flexibility index (Phi) is 5.45. The fourth-order valence-corrected chi connectivity index (χ4v) is 2.45. The van der Waals surface area contributed by atoms with Crippen molar-refractivity contribution in [3.63, 3.8) is 0 Å². The van der Waals surface area contributed by atoms with Gasteiger partial charge < -0.3 is 10.0 Å². The van der Waals surface area contributed by atoms with E-state index in [2.05, 4.69) is 17.2 Å². The second kappa shape index (κ2) is 7.53. The molecule has 1 aliphatic heterocycles. The number of piperidine rings is 1. The monoisotopic (exact) mass is 328 g/mol. The molecule has 1 heterocycles. The highest BCUT2D eigenvalue weighted by Crippen LogP contribution is 2.17. The molecule has 0 bridgehead atoms. The van der Waals surface area contributed by atoms with Crippen LogP contribution in [0.4, 0.5) is 0 Å². The average Bonchev–Trinajstić information content (AvgIpc) is 2.58. The lowest BCUT2D eigenvalue weighted by Gasteiger charge is -2.30. The maximum Gasteiger partial charge on any atom is 0.255 e. The maximum absolute atomic E-state index is 12.7. The molecule has 24 heavy (non-hydrogen) atoms. The summed E-state index contributed by atoms with van der Waals surface area (Å²) in [5.41, 5.74) is 0.755. The van der Waals surface area contributed by atoms with Crippen molar-refractivity contribution in [3.8, 4) is 11.8 Å². The number of amides is 3. The number of benzene rings is 1. The van der Waals surface area contributed by atoms with Crippen LogP contribution >= 0.6 is 0 Å². The number of nitrogens with zero attached hydrogens (tertiary/aromatic N) is 1. The number of likely N-dealkylation sites (N-methyl/N-ethyl adjacent to an activating group) is 1. The molecule has 3 amide bonds. The summed E-state index contributed by atoms with van der Waals surface area (Å²) in [4.78, 5) is 48.2. The van der Waals surface area contributed by atoms with Crippen molar-refractivity contribution in [2.24, 2.45) is 0 Å². The number of imide groups is 1. The predicted molar refractivity (Wildman–Crippen MR) is 84.1 cm³/mol. The van der Waals surface area contributed by atoms with Crippen LogP contribution in [0.2, 0.25) is 0 Å². The van der Waals surface area contributed by atoms with E-state index in [1.165, 1.54) is 24.1 Å². The largest absolute Gasteiger partial charge is 0.384 e. The fourth-order valence-electron chi connectivity index (χ4n) is 2.45. The summed E-state index contributed by atoms with van der Waals surface area (Å²) in [6, 6.07) is 3.69. The summed E-state index contributed by atoms with van der Waals surface area (Å²) in [6.45, 7) is -0.325. The molecule has 0 aromatic heterocycles. The van der Waals surface area contributed by atoms with Crippen molar-refractivity contribution < 1.29 is 24.3 Å². The van der Waals surface area contributed by atoms with Crippen LogP contribution in [0.5, 0.6) is 0 Å². The lowest BCUT2D eigenvalue weighted by atomic mass is 10.0. The van der Waals surface area contributed by atoms with E-state index in [4.69, 9.17) is 5.11 Å². The van der Waals surface area contributed by atoms with Gasteiger partial charge in [-0.2, -0.15) is 0 Å². The van der Waals surface area contributed by atoms with Gasteiger partial charge in [-0.25, -0.2) is 0 Å². The zero-order chi connectivity index (χ0) is 17.7. The summed E-state index contributed by atoms with van der Waals surface area (Å²) >= 11 is 0. The van der Waals surface area contributed by atoms with Crippen molar-refractivity contribution in [1.82, 2.24) is 10.2 Å². The minimum atomic E-state index is -0.776. The number of aldehydes is 1. The van der Waals surface area contributed by atoms with Crippen molar-refractivity contribution in [1.29, 1.82) is 0 Å². The van der Waals surface area contributed by atoms with Gasteiger partial charge in [-0.15, -0.1) is 0 Å². The minimum absolute atomic E-state index is 0.113. The van der Waals surface area contributed by atoms with Gasteiger partial charge in [0.1, 0.15) is 12.6 Å². The van der Waals surface area contributed by atoms with Crippen LogP contribution in [-0.4, -0.2) is 53.7 Å². The van der Waals surface area contributed by atoms with Crippen molar-refractivity contribution in [2.45, 2.75) is 18.9 Å². The van der Waals surface area contributed by atoms with Crippen LogP contribution in [-0.2, 0) is 9.59 Å². The Bertz CT molecular complexity index is 760. The Morgan fingerprint density at radius 3 is 2.83 bits per heavy atom. The van der Waals surface area contributed by atoms with Gasteiger partial charge >= 0.3 is 0 Å². The van der Waals surface area contributed by atoms with Crippen LogP contribution in [0, 0.1) is 11.8 Å². The lowest BCUT2D eigenvalue weighted by Crippen LogP contribution is -2.53. The van der Waals surface area contributed by atoms with Crippen LogP contribution in [0.1, 0.15) is 39.1 Å². The zero-order valence-corrected chi connectivity index (χ0v) is 13.0. The number of hydrogen-bond acceptors (Lipinski definition) is 5. The van der Waals surface area contributed by atoms with E-state index in [-0.39, 0.29) is 36.5 Å². The quantitative estimate of drug-likeness (QED) is 0.451.